The van der Waals surface area contributed by atoms with Crippen molar-refractivity contribution >= 4 is 23.4 Å². The normalized spacial score (nSPS) is 27.8. The Bertz CT molecular complexity index is 1220. The summed E-state index contributed by atoms with van der Waals surface area (Å²) >= 11 is 0. The number of carbonyl (C=O) groups is 3. The summed E-state index contributed by atoms with van der Waals surface area (Å²) in [6, 6.07) is 5.76. The summed E-state index contributed by atoms with van der Waals surface area (Å²) < 4.78 is 12.5. The van der Waals surface area contributed by atoms with Crippen molar-refractivity contribution in [1.82, 2.24) is 9.80 Å². The molecule has 0 saturated carbocycles. The number of unbranched alkanes of at least 4 members (excludes halogenated alkanes) is 2. The molecule has 1 aromatic rings. The van der Waals surface area contributed by atoms with Gasteiger partial charge in [-0.2, -0.15) is 0 Å². The number of likely N-dealkylation sites (tertiary alicyclic amines) is 1. The van der Waals surface area contributed by atoms with E-state index in [2.05, 4.69) is 20.1 Å². The van der Waals surface area contributed by atoms with Gasteiger partial charge in [0.25, 0.3) is 0 Å². The first-order valence-corrected chi connectivity index (χ1v) is 16.2. The van der Waals surface area contributed by atoms with Gasteiger partial charge in [-0.25, -0.2) is 0 Å². The zero-order valence-corrected chi connectivity index (χ0v) is 27.2. The summed E-state index contributed by atoms with van der Waals surface area (Å²) in [5, 5.41) is 10.5. The number of nitrogens with zero attached hydrogens (tertiary/aromatic N) is 3. The van der Waals surface area contributed by atoms with E-state index in [0.717, 1.165) is 19.3 Å². The first-order valence-electron chi connectivity index (χ1n) is 16.2. The Morgan fingerprint density at radius 3 is 2.36 bits per heavy atom. The SMILES string of the molecule is C=CCN(CCCCC)C(=O)C1N([C@@H](CO)C(C)C)C(=O)[C@@H]2[C@H](C(=O)N(CC=C)c3ccc(OCC)cc3)[C@]3(C)CCC12O3. The number of anilines is 1. The van der Waals surface area contributed by atoms with E-state index in [9.17, 15) is 19.5 Å². The zero-order valence-electron chi connectivity index (χ0n) is 27.2. The molecule has 0 radical (unpaired) electrons. The highest BCUT2D eigenvalue weighted by Crippen LogP contribution is 2.64. The van der Waals surface area contributed by atoms with Crippen molar-refractivity contribution in [3.05, 3.63) is 49.6 Å². The number of hydrogen-bond acceptors (Lipinski definition) is 6. The van der Waals surface area contributed by atoms with Crippen molar-refractivity contribution in [2.45, 2.75) is 90.0 Å². The first kappa shape index (κ1) is 33.7. The summed E-state index contributed by atoms with van der Waals surface area (Å²) in [4.78, 5) is 48.9. The number of aliphatic hydroxyl groups excluding tert-OH is 1. The summed E-state index contributed by atoms with van der Waals surface area (Å²) in [6.45, 7) is 18.9. The molecular formula is C35H51N3O6. The number of amides is 3. The van der Waals surface area contributed by atoms with E-state index < -0.39 is 35.1 Å². The van der Waals surface area contributed by atoms with Gasteiger partial charge in [0.1, 0.15) is 17.4 Å². The predicted molar refractivity (Wildman–Crippen MR) is 171 cm³/mol. The molecule has 1 spiro atoms. The topological polar surface area (TPSA) is 99.6 Å². The molecule has 3 amide bonds. The molecule has 1 aromatic carbocycles. The lowest BCUT2D eigenvalue weighted by atomic mass is 9.66. The van der Waals surface area contributed by atoms with Crippen LogP contribution in [0.25, 0.3) is 0 Å². The Morgan fingerprint density at radius 2 is 1.80 bits per heavy atom. The molecule has 9 nitrogen and oxygen atoms in total. The number of ether oxygens (including phenoxy) is 2. The van der Waals surface area contributed by atoms with Crippen molar-refractivity contribution in [3.8, 4) is 5.75 Å². The minimum Gasteiger partial charge on any atom is -0.494 e. The van der Waals surface area contributed by atoms with Crippen molar-refractivity contribution < 1.29 is 29.0 Å². The summed E-state index contributed by atoms with van der Waals surface area (Å²) in [5.41, 5.74) is -1.43. The maximum Gasteiger partial charge on any atom is 0.248 e. The molecule has 1 N–H and O–H groups in total. The summed E-state index contributed by atoms with van der Waals surface area (Å²) in [5.74, 6) is -1.82. The maximum atomic E-state index is 14.7. The minimum atomic E-state index is -1.17. The molecule has 6 atom stereocenters. The van der Waals surface area contributed by atoms with Gasteiger partial charge >= 0.3 is 0 Å². The number of carbonyl (C=O) groups excluding carboxylic acids is 3. The van der Waals surface area contributed by atoms with Gasteiger partial charge in [-0.15, -0.1) is 13.2 Å². The number of aliphatic hydroxyl groups is 1. The second-order valence-corrected chi connectivity index (χ2v) is 12.9. The Hall–Kier alpha value is -3.17. The Labute approximate surface area is 262 Å². The lowest BCUT2D eigenvalue weighted by Gasteiger charge is -2.40. The Balaban J connectivity index is 1.79. The van der Waals surface area contributed by atoms with E-state index in [1.807, 2.05) is 52.0 Å². The van der Waals surface area contributed by atoms with Gasteiger partial charge in [0.2, 0.25) is 17.7 Å². The van der Waals surface area contributed by atoms with Crippen molar-refractivity contribution in [2.24, 2.45) is 17.8 Å². The van der Waals surface area contributed by atoms with Gasteiger partial charge in [-0.1, -0.05) is 45.8 Å². The predicted octanol–water partition coefficient (Wildman–Crippen LogP) is 4.59. The van der Waals surface area contributed by atoms with Gasteiger partial charge < -0.3 is 29.3 Å². The fraction of sp³-hybridized carbons (Fsp3) is 0.629. The van der Waals surface area contributed by atoms with Crippen LogP contribution in [0.3, 0.4) is 0 Å². The summed E-state index contributed by atoms with van der Waals surface area (Å²) in [7, 11) is 0. The van der Waals surface area contributed by atoms with Crippen LogP contribution in [0.4, 0.5) is 5.69 Å². The third-order valence-corrected chi connectivity index (χ3v) is 9.76. The number of hydrogen-bond donors (Lipinski definition) is 1. The van der Waals surface area contributed by atoms with E-state index in [1.165, 1.54) is 0 Å². The standard InChI is InChI=1S/C35H51N3O6/c1-8-12-13-22-36(20-9-2)33(42)30-35-19-18-34(7,44-35)28(29(35)32(41)38(30)27(23-39)24(5)6)31(40)37(21-10-3)25-14-16-26(17-15-25)43-11-4/h9-10,14-17,24,27-30,39H,2-3,8,11-13,18-23H2,1,4-7H3/t27-,28+,29-,30?,34-,35?/m0/s1. The van der Waals surface area contributed by atoms with Gasteiger partial charge in [-0.05, 0) is 63.3 Å². The number of fused-ring (bicyclic) bond motifs is 1. The highest BCUT2D eigenvalue weighted by Gasteiger charge is 2.79. The molecule has 3 saturated heterocycles. The van der Waals surface area contributed by atoms with E-state index in [4.69, 9.17) is 9.47 Å². The monoisotopic (exact) mass is 609 g/mol. The highest BCUT2D eigenvalue weighted by atomic mass is 16.5. The average molecular weight is 610 g/mol. The number of benzene rings is 1. The van der Waals surface area contributed by atoms with Crippen LogP contribution in [-0.4, -0.2) is 88.8 Å². The van der Waals surface area contributed by atoms with Crippen LogP contribution in [0.2, 0.25) is 0 Å². The minimum absolute atomic E-state index is 0.120. The van der Waals surface area contributed by atoms with Crippen molar-refractivity contribution in [3.63, 3.8) is 0 Å². The molecule has 44 heavy (non-hydrogen) atoms. The molecule has 242 valence electrons. The second-order valence-electron chi connectivity index (χ2n) is 12.9. The third kappa shape index (κ3) is 5.81. The molecule has 3 aliphatic rings. The smallest absolute Gasteiger partial charge is 0.248 e. The fourth-order valence-corrected chi connectivity index (χ4v) is 7.68. The van der Waals surface area contributed by atoms with Crippen LogP contribution in [0, 0.1) is 17.8 Å². The largest absolute Gasteiger partial charge is 0.494 e. The lowest BCUT2D eigenvalue weighted by molar-refractivity contribution is -0.155. The zero-order chi connectivity index (χ0) is 32.2. The van der Waals surface area contributed by atoms with Gasteiger partial charge in [0.05, 0.1) is 36.7 Å². The summed E-state index contributed by atoms with van der Waals surface area (Å²) in [6.07, 6.45) is 7.21. The molecular weight excluding hydrogens is 558 g/mol. The highest BCUT2D eigenvalue weighted by molar-refractivity contribution is 6.03. The Kier molecular flexibility index (Phi) is 10.6. The maximum absolute atomic E-state index is 14.7. The van der Waals surface area contributed by atoms with Gasteiger partial charge in [-0.3, -0.25) is 14.4 Å². The molecule has 4 rings (SSSR count). The molecule has 2 unspecified atom stereocenters. The molecule has 3 fully saturated rings. The molecule has 0 aliphatic carbocycles. The van der Waals surface area contributed by atoms with Crippen LogP contribution in [0.1, 0.15) is 66.7 Å². The van der Waals surface area contributed by atoms with Crippen LogP contribution < -0.4 is 9.64 Å². The van der Waals surface area contributed by atoms with Crippen LogP contribution in [0.5, 0.6) is 5.75 Å². The quantitative estimate of drug-likeness (QED) is 0.218. The average Bonchev–Trinajstić information content (AvgIpc) is 3.56. The Morgan fingerprint density at radius 1 is 1.11 bits per heavy atom. The third-order valence-electron chi connectivity index (χ3n) is 9.76. The first-order chi connectivity index (χ1) is 21.0. The van der Waals surface area contributed by atoms with E-state index in [-0.39, 0.29) is 36.8 Å². The molecule has 0 aromatic heterocycles. The molecule has 3 heterocycles. The molecule has 2 bridgehead atoms. The van der Waals surface area contributed by atoms with E-state index in [0.29, 0.717) is 44.0 Å². The van der Waals surface area contributed by atoms with Crippen LogP contribution in [-0.2, 0) is 19.1 Å². The van der Waals surface area contributed by atoms with Crippen molar-refractivity contribution in [1.29, 1.82) is 0 Å². The van der Waals surface area contributed by atoms with Crippen LogP contribution >= 0.6 is 0 Å². The number of rotatable bonds is 16. The fourth-order valence-electron chi connectivity index (χ4n) is 7.68. The van der Waals surface area contributed by atoms with Crippen molar-refractivity contribution in [2.75, 3.05) is 37.7 Å². The molecule has 9 heteroatoms. The molecule has 3 aliphatic heterocycles. The van der Waals surface area contributed by atoms with Gasteiger partial charge in [0, 0.05) is 25.3 Å². The van der Waals surface area contributed by atoms with E-state index >= 15 is 0 Å². The van der Waals surface area contributed by atoms with Gasteiger partial charge in [0.15, 0.2) is 0 Å². The lowest BCUT2D eigenvalue weighted by Crippen LogP contribution is -2.59. The second kappa shape index (κ2) is 13.9. The van der Waals surface area contributed by atoms with E-state index in [1.54, 1.807) is 26.9 Å². The van der Waals surface area contributed by atoms with Crippen LogP contribution in [0.15, 0.2) is 49.6 Å².